The van der Waals surface area contributed by atoms with Gasteiger partial charge in [0.1, 0.15) is 5.75 Å². The molecule has 2 aromatic rings. The predicted octanol–water partition coefficient (Wildman–Crippen LogP) is 2.97. The molecule has 21 heavy (non-hydrogen) atoms. The van der Waals surface area contributed by atoms with Crippen LogP contribution in [-0.2, 0) is 0 Å². The Kier molecular flexibility index (Phi) is 4.03. The molecular formula is C14H13N3O4. The minimum absolute atomic E-state index is 0.0469. The van der Waals surface area contributed by atoms with Crippen molar-refractivity contribution in [3.8, 4) is 5.75 Å². The number of amides is 2. The van der Waals surface area contributed by atoms with E-state index in [0.29, 0.717) is 11.4 Å². The lowest BCUT2D eigenvalue weighted by Gasteiger charge is -2.18. The summed E-state index contributed by atoms with van der Waals surface area (Å²) in [6.07, 6.45) is 0. The van der Waals surface area contributed by atoms with E-state index in [9.17, 15) is 20.0 Å². The van der Waals surface area contributed by atoms with Gasteiger partial charge in [-0.05, 0) is 24.3 Å². The first-order valence-corrected chi connectivity index (χ1v) is 6.05. The van der Waals surface area contributed by atoms with Crippen LogP contribution in [0.2, 0.25) is 0 Å². The van der Waals surface area contributed by atoms with Crippen LogP contribution >= 0.6 is 0 Å². The number of hydrogen-bond acceptors (Lipinski definition) is 4. The number of nitro benzene ring substituents is 1. The number of rotatable bonds is 3. The topological polar surface area (TPSA) is 95.7 Å². The molecule has 2 aromatic carbocycles. The summed E-state index contributed by atoms with van der Waals surface area (Å²) >= 11 is 0. The number of aromatic hydroxyl groups is 1. The Labute approximate surface area is 120 Å². The fourth-order valence-corrected chi connectivity index (χ4v) is 1.69. The molecule has 0 aliphatic heterocycles. The van der Waals surface area contributed by atoms with Crippen LogP contribution in [0, 0.1) is 10.1 Å². The van der Waals surface area contributed by atoms with Crippen molar-refractivity contribution in [2.45, 2.75) is 0 Å². The van der Waals surface area contributed by atoms with E-state index in [0.717, 1.165) is 0 Å². The van der Waals surface area contributed by atoms with Crippen molar-refractivity contribution in [1.29, 1.82) is 0 Å². The molecule has 108 valence electrons. The zero-order valence-corrected chi connectivity index (χ0v) is 11.2. The van der Waals surface area contributed by atoms with Gasteiger partial charge in [0.05, 0.1) is 4.92 Å². The molecule has 0 fully saturated rings. The lowest BCUT2D eigenvalue weighted by molar-refractivity contribution is -0.384. The van der Waals surface area contributed by atoms with E-state index in [1.54, 1.807) is 19.2 Å². The number of carbonyl (C=O) groups is 1. The SMILES string of the molecule is CN(C(=O)Nc1ccc([N+](=O)[O-])cc1)c1cccc(O)c1. The number of phenols is 1. The molecule has 0 unspecified atom stereocenters. The number of nitro groups is 1. The highest BCUT2D eigenvalue weighted by molar-refractivity contribution is 6.01. The first kappa shape index (κ1) is 14.3. The van der Waals surface area contributed by atoms with Crippen molar-refractivity contribution in [3.63, 3.8) is 0 Å². The van der Waals surface area contributed by atoms with E-state index in [4.69, 9.17) is 0 Å². The van der Waals surface area contributed by atoms with Gasteiger partial charge in [-0.1, -0.05) is 6.07 Å². The fourth-order valence-electron chi connectivity index (χ4n) is 1.69. The molecule has 0 aromatic heterocycles. The van der Waals surface area contributed by atoms with Crippen LogP contribution in [0.4, 0.5) is 21.9 Å². The Morgan fingerprint density at radius 2 is 1.90 bits per heavy atom. The number of nitrogens with one attached hydrogen (secondary N) is 1. The Morgan fingerprint density at radius 3 is 2.48 bits per heavy atom. The maximum absolute atomic E-state index is 12.0. The van der Waals surface area contributed by atoms with Gasteiger partial charge < -0.3 is 10.4 Å². The summed E-state index contributed by atoms with van der Waals surface area (Å²) in [6.45, 7) is 0. The van der Waals surface area contributed by atoms with Crippen molar-refractivity contribution in [2.75, 3.05) is 17.3 Å². The second-order valence-corrected chi connectivity index (χ2v) is 4.31. The van der Waals surface area contributed by atoms with Gasteiger partial charge in [-0.3, -0.25) is 15.0 Å². The van der Waals surface area contributed by atoms with Crippen molar-refractivity contribution in [3.05, 3.63) is 58.6 Å². The maximum Gasteiger partial charge on any atom is 0.326 e. The van der Waals surface area contributed by atoms with E-state index < -0.39 is 11.0 Å². The van der Waals surface area contributed by atoms with Gasteiger partial charge in [0.25, 0.3) is 5.69 Å². The molecule has 7 nitrogen and oxygen atoms in total. The second-order valence-electron chi connectivity index (χ2n) is 4.31. The van der Waals surface area contributed by atoms with Gasteiger partial charge >= 0.3 is 6.03 Å². The number of hydrogen-bond donors (Lipinski definition) is 2. The molecule has 2 amide bonds. The van der Waals surface area contributed by atoms with Crippen molar-refractivity contribution in [2.24, 2.45) is 0 Å². The van der Waals surface area contributed by atoms with Gasteiger partial charge in [0, 0.05) is 36.6 Å². The molecule has 2 rings (SSSR count). The van der Waals surface area contributed by atoms with E-state index in [1.807, 2.05) is 0 Å². The molecule has 0 saturated carbocycles. The van der Waals surface area contributed by atoms with E-state index in [2.05, 4.69) is 5.32 Å². The summed E-state index contributed by atoms with van der Waals surface area (Å²) in [7, 11) is 1.55. The number of urea groups is 1. The summed E-state index contributed by atoms with van der Waals surface area (Å²) < 4.78 is 0. The minimum atomic E-state index is -0.509. The molecule has 0 atom stereocenters. The Morgan fingerprint density at radius 1 is 1.24 bits per heavy atom. The molecule has 0 aliphatic carbocycles. The van der Waals surface area contributed by atoms with Crippen molar-refractivity contribution in [1.82, 2.24) is 0 Å². The summed E-state index contributed by atoms with van der Waals surface area (Å²) in [4.78, 5) is 23.4. The highest BCUT2D eigenvalue weighted by Gasteiger charge is 2.12. The number of non-ortho nitro benzene ring substituents is 1. The van der Waals surface area contributed by atoms with Gasteiger partial charge in [-0.25, -0.2) is 4.79 Å². The number of carbonyl (C=O) groups excluding carboxylic acids is 1. The Balaban J connectivity index is 2.08. The van der Waals surface area contributed by atoms with Crippen molar-refractivity contribution >= 4 is 23.1 Å². The summed E-state index contributed by atoms with van der Waals surface area (Å²) in [6, 6.07) is 11.4. The number of phenolic OH excluding ortho intramolecular Hbond substituents is 1. The van der Waals surface area contributed by atoms with Gasteiger partial charge in [-0.15, -0.1) is 0 Å². The molecule has 0 bridgehead atoms. The average Bonchev–Trinajstić information content (AvgIpc) is 2.47. The first-order valence-electron chi connectivity index (χ1n) is 6.05. The lowest BCUT2D eigenvalue weighted by Crippen LogP contribution is -2.31. The van der Waals surface area contributed by atoms with Crippen LogP contribution in [-0.4, -0.2) is 23.1 Å². The van der Waals surface area contributed by atoms with E-state index >= 15 is 0 Å². The largest absolute Gasteiger partial charge is 0.508 e. The molecular weight excluding hydrogens is 274 g/mol. The van der Waals surface area contributed by atoms with E-state index in [1.165, 1.54) is 41.3 Å². The van der Waals surface area contributed by atoms with Crippen LogP contribution in [0.1, 0.15) is 0 Å². The first-order chi connectivity index (χ1) is 9.97. The van der Waals surface area contributed by atoms with Gasteiger partial charge in [0.15, 0.2) is 0 Å². The lowest BCUT2D eigenvalue weighted by atomic mass is 10.2. The van der Waals surface area contributed by atoms with Crippen molar-refractivity contribution < 1.29 is 14.8 Å². The number of benzene rings is 2. The van der Waals surface area contributed by atoms with Crippen LogP contribution in [0.5, 0.6) is 5.75 Å². The third-order valence-corrected chi connectivity index (χ3v) is 2.85. The highest BCUT2D eigenvalue weighted by Crippen LogP contribution is 2.20. The zero-order chi connectivity index (χ0) is 15.4. The maximum atomic E-state index is 12.0. The monoisotopic (exact) mass is 287 g/mol. The molecule has 0 aliphatic rings. The molecule has 2 N–H and O–H groups in total. The average molecular weight is 287 g/mol. The summed E-state index contributed by atoms with van der Waals surface area (Å²) in [5.74, 6) is 0.0579. The van der Waals surface area contributed by atoms with E-state index in [-0.39, 0.29) is 11.4 Å². The predicted molar refractivity (Wildman–Crippen MR) is 78.6 cm³/mol. The van der Waals surface area contributed by atoms with Crippen LogP contribution in [0.25, 0.3) is 0 Å². The standard InChI is InChI=1S/C14H13N3O4/c1-16(12-3-2-4-13(18)9-12)14(19)15-10-5-7-11(8-6-10)17(20)21/h2-9,18H,1H3,(H,15,19). The summed E-state index contributed by atoms with van der Waals surface area (Å²) in [5.41, 5.74) is 0.918. The normalized spacial score (nSPS) is 9.95. The fraction of sp³-hybridized carbons (Fsp3) is 0.0714. The third kappa shape index (κ3) is 3.47. The molecule has 0 radical (unpaired) electrons. The zero-order valence-electron chi connectivity index (χ0n) is 11.2. The van der Waals surface area contributed by atoms with Crippen LogP contribution < -0.4 is 10.2 Å². The quantitative estimate of drug-likeness (QED) is 0.670. The highest BCUT2D eigenvalue weighted by atomic mass is 16.6. The Bertz CT molecular complexity index is 670. The Hall–Kier alpha value is -3.09. The van der Waals surface area contributed by atoms with Gasteiger partial charge in [-0.2, -0.15) is 0 Å². The molecule has 0 spiro atoms. The third-order valence-electron chi connectivity index (χ3n) is 2.85. The molecule has 0 heterocycles. The van der Waals surface area contributed by atoms with Gasteiger partial charge in [0.2, 0.25) is 0 Å². The second kappa shape index (κ2) is 5.91. The minimum Gasteiger partial charge on any atom is -0.508 e. The van der Waals surface area contributed by atoms with Crippen LogP contribution in [0.15, 0.2) is 48.5 Å². The summed E-state index contributed by atoms with van der Waals surface area (Å²) in [5, 5.41) is 22.5. The smallest absolute Gasteiger partial charge is 0.326 e. The number of nitrogens with zero attached hydrogens (tertiary/aromatic N) is 2. The van der Waals surface area contributed by atoms with Crippen LogP contribution in [0.3, 0.4) is 0 Å². The molecule has 0 saturated heterocycles. The number of anilines is 2. The molecule has 7 heteroatoms.